The molecule has 0 heterocycles. The fourth-order valence-corrected chi connectivity index (χ4v) is 2.73. The zero-order chi connectivity index (χ0) is 13.7. The molecular formula is C16H22O3. The van der Waals surface area contributed by atoms with Crippen LogP contribution in [0.3, 0.4) is 0 Å². The second kappa shape index (κ2) is 6.60. The van der Waals surface area contributed by atoms with Crippen LogP contribution in [0.5, 0.6) is 5.75 Å². The summed E-state index contributed by atoms with van der Waals surface area (Å²) in [6.45, 7) is 2.02. The van der Waals surface area contributed by atoms with Gasteiger partial charge in [-0.25, -0.2) is 0 Å². The van der Waals surface area contributed by atoms with Gasteiger partial charge in [-0.2, -0.15) is 0 Å². The van der Waals surface area contributed by atoms with Gasteiger partial charge >= 0.3 is 5.97 Å². The molecule has 1 atom stereocenters. The average Bonchev–Trinajstić information content (AvgIpc) is 2.90. The van der Waals surface area contributed by atoms with E-state index in [0.717, 1.165) is 30.6 Å². The van der Waals surface area contributed by atoms with E-state index in [1.165, 1.54) is 12.8 Å². The zero-order valence-corrected chi connectivity index (χ0v) is 11.5. The summed E-state index contributed by atoms with van der Waals surface area (Å²) in [4.78, 5) is 10.8. The number of aliphatic carboxylic acids is 1. The second-order valence-corrected chi connectivity index (χ2v) is 5.30. The van der Waals surface area contributed by atoms with Crippen molar-refractivity contribution in [3.8, 4) is 5.75 Å². The third-order valence-corrected chi connectivity index (χ3v) is 3.87. The number of carbonyl (C=O) groups is 1. The summed E-state index contributed by atoms with van der Waals surface area (Å²) < 4.78 is 5.91. The molecule has 1 aliphatic carbocycles. The van der Waals surface area contributed by atoms with E-state index in [2.05, 4.69) is 0 Å². The van der Waals surface area contributed by atoms with Gasteiger partial charge in [-0.15, -0.1) is 0 Å². The summed E-state index contributed by atoms with van der Waals surface area (Å²) in [6, 6.07) is 7.94. The largest absolute Gasteiger partial charge is 0.490 e. The molecular weight excluding hydrogens is 240 g/mol. The molecule has 0 spiro atoms. The lowest BCUT2D eigenvalue weighted by molar-refractivity contribution is -0.137. The zero-order valence-electron chi connectivity index (χ0n) is 11.5. The number of carboxylic acid groups (broad SMARTS) is 1. The Labute approximate surface area is 114 Å². The molecule has 1 N–H and O–H groups in total. The van der Waals surface area contributed by atoms with Gasteiger partial charge in [-0.3, -0.25) is 4.79 Å². The Bertz CT molecular complexity index is 405. The van der Waals surface area contributed by atoms with Crippen LogP contribution in [0.2, 0.25) is 0 Å². The lowest BCUT2D eigenvalue weighted by Crippen LogP contribution is -2.11. The first-order chi connectivity index (χ1) is 9.19. The monoisotopic (exact) mass is 262 g/mol. The summed E-state index contributed by atoms with van der Waals surface area (Å²) in [5, 5.41) is 8.90. The van der Waals surface area contributed by atoms with Gasteiger partial charge in [0, 0.05) is 0 Å². The van der Waals surface area contributed by atoms with E-state index < -0.39 is 5.97 Å². The molecule has 0 aromatic heterocycles. The van der Waals surface area contributed by atoms with Gasteiger partial charge in [0.25, 0.3) is 0 Å². The fourth-order valence-electron chi connectivity index (χ4n) is 2.73. The van der Waals surface area contributed by atoms with E-state index in [0.29, 0.717) is 6.10 Å². The number of ether oxygens (including phenoxy) is 1. The molecule has 2 rings (SSSR count). The Morgan fingerprint density at radius 2 is 1.95 bits per heavy atom. The highest BCUT2D eigenvalue weighted by atomic mass is 16.5. The molecule has 3 nitrogen and oxygen atoms in total. The molecule has 1 aliphatic rings. The summed E-state index contributed by atoms with van der Waals surface area (Å²) >= 11 is 0. The molecule has 0 aliphatic heterocycles. The van der Waals surface area contributed by atoms with Gasteiger partial charge in [0.1, 0.15) is 5.75 Å². The molecule has 1 aromatic rings. The van der Waals surface area contributed by atoms with Gasteiger partial charge in [0.15, 0.2) is 0 Å². The van der Waals surface area contributed by atoms with Gasteiger partial charge < -0.3 is 9.84 Å². The first-order valence-corrected chi connectivity index (χ1v) is 7.17. The van der Waals surface area contributed by atoms with Crippen molar-refractivity contribution in [2.45, 2.75) is 57.5 Å². The van der Waals surface area contributed by atoms with Crippen LogP contribution in [0.1, 0.15) is 56.9 Å². The maximum absolute atomic E-state index is 10.8. The molecule has 3 heteroatoms. The average molecular weight is 262 g/mol. The summed E-state index contributed by atoms with van der Waals surface area (Å²) in [5.74, 6) is 0.261. The maximum atomic E-state index is 10.8. The minimum Gasteiger partial charge on any atom is -0.490 e. The van der Waals surface area contributed by atoms with Crippen molar-refractivity contribution in [3.05, 3.63) is 29.8 Å². The molecule has 0 bridgehead atoms. The number of hydrogen-bond donors (Lipinski definition) is 1. The standard InChI is InChI=1S/C16H22O3/c1-2-12(11-16(17)18)13-7-9-15(10-8-13)19-14-5-3-4-6-14/h7-10,12,14H,2-6,11H2,1H3,(H,17,18). The molecule has 0 amide bonds. The molecule has 1 aromatic carbocycles. The Balaban J connectivity index is 1.97. The minimum absolute atomic E-state index is 0.0954. The van der Waals surface area contributed by atoms with Gasteiger partial charge in [-0.1, -0.05) is 19.1 Å². The van der Waals surface area contributed by atoms with Crippen molar-refractivity contribution in [2.75, 3.05) is 0 Å². The van der Waals surface area contributed by atoms with Gasteiger partial charge in [0.2, 0.25) is 0 Å². The second-order valence-electron chi connectivity index (χ2n) is 5.30. The molecule has 1 unspecified atom stereocenters. The predicted molar refractivity (Wildman–Crippen MR) is 74.6 cm³/mol. The minimum atomic E-state index is -0.738. The quantitative estimate of drug-likeness (QED) is 0.843. The van der Waals surface area contributed by atoms with Gasteiger partial charge in [-0.05, 0) is 55.7 Å². The lowest BCUT2D eigenvalue weighted by Gasteiger charge is -2.16. The van der Waals surface area contributed by atoms with Crippen molar-refractivity contribution in [1.29, 1.82) is 0 Å². The van der Waals surface area contributed by atoms with Crippen molar-refractivity contribution in [2.24, 2.45) is 0 Å². The van der Waals surface area contributed by atoms with Crippen LogP contribution >= 0.6 is 0 Å². The van der Waals surface area contributed by atoms with E-state index in [1.807, 2.05) is 31.2 Å². The van der Waals surface area contributed by atoms with Crippen molar-refractivity contribution < 1.29 is 14.6 Å². The van der Waals surface area contributed by atoms with Crippen LogP contribution in [-0.4, -0.2) is 17.2 Å². The van der Waals surface area contributed by atoms with Crippen LogP contribution in [0, 0.1) is 0 Å². The molecule has 1 fully saturated rings. The number of rotatable bonds is 6. The highest BCUT2D eigenvalue weighted by molar-refractivity contribution is 5.68. The SMILES string of the molecule is CCC(CC(=O)O)c1ccc(OC2CCCC2)cc1. The van der Waals surface area contributed by atoms with E-state index in [4.69, 9.17) is 9.84 Å². The number of benzene rings is 1. The summed E-state index contributed by atoms with van der Waals surface area (Å²) in [5.41, 5.74) is 1.09. The van der Waals surface area contributed by atoms with Crippen LogP contribution < -0.4 is 4.74 Å². The summed E-state index contributed by atoms with van der Waals surface area (Å²) in [6.07, 6.45) is 6.23. The van der Waals surface area contributed by atoms with Crippen molar-refractivity contribution in [1.82, 2.24) is 0 Å². The third kappa shape index (κ3) is 3.98. The number of carboxylic acids is 1. The molecule has 0 saturated heterocycles. The molecule has 0 radical (unpaired) electrons. The molecule has 104 valence electrons. The summed E-state index contributed by atoms with van der Waals surface area (Å²) in [7, 11) is 0. The highest BCUT2D eigenvalue weighted by Crippen LogP contribution is 2.28. The van der Waals surface area contributed by atoms with Crippen LogP contribution in [0.15, 0.2) is 24.3 Å². The first kappa shape index (κ1) is 13.9. The molecule has 1 saturated carbocycles. The molecule has 19 heavy (non-hydrogen) atoms. The first-order valence-electron chi connectivity index (χ1n) is 7.17. The van der Waals surface area contributed by atoms with E-state index >= 15 is 0 Å². The van der Waals surface area contributed by atoms with E-state index in [9.17, 15) is 4.79 Å². The Morgan fingerprint density at radius 3 is 2.47 bits per heavy atom. The van der Waals surface area contributed by atoms with Crippen LogP contribution in [0.25, 0.3) is 0 Å². The van der Waals surface area contributed by atoms with Gasteiger partial charge in [0.05, 0.1) is 12.5 Å². The smallest absolute Gasteiger partial charge is 0.303 e. The van der Waals surface area contributed by atoms with Crippen LogP contribution in [-0.2, 0) is 4.79 Å². The van der Waals surface area contributed by atoms with Crippen molar-refractivity contribution >= 4 is 5.97 Å². The van der Waals surface area contributed by atoms with E-state index in [-0.39, 0.29) is 12.3 Å². The number of hydrogen-bond acceptors (Lipinski definition) is 2. The normalized spacial score (nSPS) is 17.3. The van der Waals surface area contributed by atoms with Crippen molar-refractivity contribution in [3.63, 3.8) is 0 Å². The highest BCUT2D eigenvalue weighted by Gasteiger charge is 2.17. The topological polar surface area (TPSA) is 46.5 Å². The Morgan fingerprint density at radius 1 is 1.32 bits per heavy atom. The maximum Gasteiger partial charge on any atom is 0.303 e. The van der Waals surface area contributed by atoms with Crippen LogP contribution in [0.4, 0.5) is 0 Å². The Hall–Kier alpha value is -1.51. The van der Waals surface area contributed by atoms with E-state index in [1.54, 1.807) is 0 Å². The lowest BCUT2D eigenvalue weighted by atomic mass is 9.93. The Kier molecular flexibility index (Phi) is 4.83. The predicted octanol–water partition coefficient (Wildman–Crippen LogP) is 3.98. The third-order valence-electron chi connectivity index (χ3n) is 3.87. The fraction of sp³-hybridized carbons (Fsp3) is 0.562.